The number of phosphoric ester groups is 1. The maximum Gasteiger partial charge on any atom is 0.490 e. The van der Waals surface area contributed by atoms with Gasteiger partial charge in [-0.3, -0.25) is 18.7 Å². The Labute approximate surface area is 176 Å². The molecule has 0 amide bonds. The number of hydrogen-bond acceptors (Lipinski definition) is 12. The summed E-state index contributed by atoms with van der Waals surface area (Å²) in [7, 11) is -16.9. The smallest absolute Gasteiger partial charge is 0.387 e. The van der Waals surface area contributed by atoms with E-state index in [-0.39, 0.29) is 4.57 Å². The predicted molar refractivity (Wildman–Crippen MR) is 97.0 cm³/mol. The fourth-order valence-corrected chi connectivity index (χ4v) is 5.57. The summed E-state index contributed by atoms with van der Waals surface area (Å²) >= 11 is 0. The van der Waals surface area contributed by atoms with Gasteiger partial charge in [-0.1, -0.05) is 0 Å². The van der Waals surface area contributed by atoms with Crippen molar-refractivity contribution >= 4 is 29.4 Å². The van der Waals surface area contributed by atoms with Crippen LogP contribution in [-0.2, 0) is 31.6 Å². The Balaban J connectivity index is 2.16. The Kier molecular flexibility index (Phi) is 7.97. The van der Waals surface area contributed by atoms with Gasteiger partial charge < -0.3 is 34.5 Å². The molecule has 0 aromatic carbocycles. The molecule has 32 heavy (non-hydrogen) atoms. The molecule has 0 radical (unpaired) electrons. The van der Waals surface area contributed by atoms with Crippen molar-refractivity contribution < 1.29 is 66.2 Å². The number of aliphatic hydroxyl groups is 2. The first kappa shape index (κ1) is 26.9. The van der Waals surface area contributed by atoms with Crippen LogP contribution in [0, 0.1) is 0 Å². The molecule has 1 fully saturated rings. The fourth-order valence-electron chi connectivity index (χ4n) is 2.54. The summed E-state index contributed by atoms with van der Waals surface area (Å²) < 4.78 is 50.9. The predicted octanol–water partition coefficient (Wildman–Crippen LogP) is -2.37. The van der Waals surface area contributed by atoms with E-state index in [4.69, 9.17) is 19.4 Å². The number of rotatable bonds is 8. The van der Waals surface area contributed by atoms with Gasteiger partial charge in [-0.15, -0.1) is 0 Å². The van der Waals surface area contributed by atoms with E-state index < -0.39 is 71.8 Å². The molecule has 0 spiro atoms. The molecule has 1 aromatic heterocycles. The lowest BCUT2D eigenvalue weighted by Crippen LogP contribution is -2.45. The van der Waals surface area contributed by atoms with Crippen molar-refractivity contribution in [2.75, 3.05) is 6.61 Å². The standard InChI is InChI=1S/C11H17N2O16P3/c1-5(14)13-7(15)2-3-12(11(13)18)10-9(17)8(16)6(27-10)4-26-31(22,23)29-32(24,25)28-30(19,20)21/h2-3,6,8-10,16-17H,4H2,1H3,(H,22,23)(H,24,25)(H2,19,20,21)/t6-,8-,9-,10-/m1/s1. The average molecular weight is 526 g/mol. The topological polar surface area (TPSA) is 271 Å². The Morgan fingerprint density at radius 1 is 1.06 bits per heavy atom. The van der Waals surface area contributed by atoms with Gasteiger partial charge in [0.15, 0.2) is 6.23 Å². The van der Waals surface area contributed by atoms with E-state index >= 15 is 0 Å². The lowest BCUT2D eigenvalue weighted by atomic mass is 10.1. The van der Waals surface area contributed by atoms with Crippen LogP contribution < -0.4 is 11.2 Å². The summed E-state index contributed by atoms with van der Waals surface area (Å²) in [6, 6.07) is 0.796. The first-order chi connectivity index (χ1) is 14.4. The molecule has 1 aliphatic heterocycles. The second-order valence-corrected chi connectivity index (χ2v) is 10.6. The number of ether oxygens (including phenoxy) is 1. The van der Waals surface area contributed by atoms with Crippen molar-refractivity contribution in [2.24, 2.45) is 0 Å². The number of nitrogens with zero attached hydrogens (tertiary/aromatic N) is 2. The second-order valence-electron chi connectivity index (χ2n) is 6.13. The Morgan fingerprint density at radius 2 is 1.66 bits per heavy atom. The van der Waals surface area contributed by atoms with Crippen molar-refractivity contribution in [1.82, 2.24) is 9.13 Å². The zero-order chi connectivity index (χ0) is 24.6. The number of aromatic nitrogens is 2. The minimum absolute atomic E-state index is 0.210. The van der Waals surface area contributed by atoms with Crippen LogP contribution in [-0.4, -0.2) is 69.7 Å². The Morgan fingerprint density at radius 3 is 2.19 bits per heavy atom. The van der Waals surface area contributed by atoms with Crippen LogP contribution in [0.4, 0.5) is 0 Å². The van der Waals surface area contributed by atoms with Gasteiger partial charge in [0, 0.05) is 19.2 Å². The SMILES string of the molecule is CC(=O)n1c(=O)ccn([C@@H]2O[C@H](COP(=O)(O)OP(=O)(O)OP(=O)(O)O)[C@@H](O)[C@H]2O)c1=O. The summed E-state index contributed by atoms with van der Waals surface area (Å²) in [4.78, 5) is 70.9. The highest BCUT2D eigenvalue weighted by molar-refractivity contribution is 7.66. The van der Waals surface area contributed by atoms with Gasteiger partial charge >= 0.3 is 29.2 Å². The highest BCUT2D eigenvalue weighted by Gasteiger charge is 2.47. The molecule has 1 aliphatic rings. The van der Waals surface area contributed by atoms with E-state index in [2.05, 4.69) is 13.1 Å². The number of carbonyl (C=O) groups excluding carboxylic acids is 1. The molecule has 6 atom stereocenters. The van der Waals surface area contributed by atoms with E-state index in [1.807, 2.05) is 0 Å². The summed E-state index contributed by atoms with van der Waals surface area (Å²) in [5, 5.41) is 20.2. The van der Waals surface area contributed by atoms with E-state index in [1.54, 1.807) is 0 Å². The highest BCUT2D eigenvalue weighted by atomic mass is 31.3. The summed E-state index contributed by atoms with van der Waals surface area (Å²) in [5.74, 6) is -0.952. The molecule has 2 heterocycles. The van der Waals surface area contributed by atoms with Crippen molar-refractivity contribution in [1.29, 1.82) is 0 Å². The molecular weight excluding hydrogens is 509 g/mol. The van der Waals surface area contributed by atoms with Gasteiger partial charge in [-0.25, -0.2) is 18.5 Å². The zero-order valence-electron chi connectivity index (χ0n) is 15.7. The normalized spacial score (nSPS) is 27.6. The van der Waals surface area contributed by atoms with Crippen molar-refractivity contribution in [3.63, 3.8) is 0 Å². The van der Waals surface area contributed by atoms with Crippen LogP contribution in [0.3, 0.4) is 0 Å². The van der Waals surface area contributed by atoms with Gasteiger partial charge in [-0.05, 0) is 0 Å². The van der Waals surface area contributed by atoms with Gasteiger partial charge in [0.2, 0.25) is 5.91 Å². The molecule has 1 aromatic rings. The average Bonchev–Trinajstić information content (AvgIpc) is 2.85. The third-order valence-corrected chi connectivity index (χ3v) is 7.56. The van der Waals surface area contributed by atoms with E-state index in [1.165, 1.54) is 0 Å². The minimum Gasteiger partial charge on any atom is -0.387 e. The van der Waals surface area contributed by atoms with Crippen LogP contribution >= 0.6 is 23.5 Å². The minimum atomic E-state index is -5.77. The molecule has 0 bridgehead atoms. The Bertz CT molecular complexity index is 1140. The van der Waals surface area contributed by atoms with E-state index in [0.29, 0.717) is 4.57 Å². The molecule has 0 aliphatic carbocycles. The van der Waals surface area contributed by atoms with Crippen molar-refractivity contribution in [2.45, 2.75) is 31.5 Å². The fraction of sp³-hybridized carbons (Fsp3) is 0.545. The van der Waals surface area contributed by atoms with Crippen LogP contribution in [0.2, 0.25) is 0 Å². The largest absolute Gasteiger partial charge is 0.490 e. The van der Waals surface area contributed by atoms with Gasteiger partial charge in [0.25, 0.3) is 5.56 Å². The molecule has 21 heteroatoms. The molecule has 2 unspecified atom stereocenters. The van der Waals surface area contributed by atoms with Gasteiger partial charge in [-0.2, -0.15) is 13.2 Å². The third kappa shape index (κ3) is 6.59. The maximum absolute atomic E-state index is 12.3. The molecular formula is C11H17N2O16P3. The number of phosphoric acid groups is 3. The van der Waals surface area contributed by atoms with E-state index in [0.717, 1.165) is 19.2 Å². The lowest BCUT2D eigenvalue weighted by Gasteiger charge is -2.19. The van der Waals surface area contributed by atoms with Crippen LogP contribution in [0.1, 0.15) is 17.9 Å². The van der Waals surface area contributed by atoms with Crippen molar-refractivity contribution in [3.8, 4) is 0 Å². The lowest BCUT2D eigenvalue weighted by molar-refractivity contribution is -0.0546. The van der Waals surface area contributed by atoms with Crippen LogP contribution in [0.5, 0.6) is 0 Å². The Hall–Kier alpha value is -1.36. The first-order valence-electron chi connectivity index (χ1n) is 8.09. The van der Waals surface area contributed by atoms with Gasteiger partial charge in [0.1, 0.15) is 18.3 Å². The monoisotopic (exact) mass is 526 g/mol. The molecule has 1 saturated heterocycles. The quantitative estimate of drug-likeness (QED) is 0.193. The maximum atomic E-state index is 12.3. The highest BCUT2D eigenvalue weighted by Crippen LogP contribution is 2.66. The first-order valence-corrected chi connectivity index (χ1v) is 12.6. The molecule has 2 rings (SSSR count). The molecule has 6 N–H and O–H groups in total. The van der Waals surface area contributed by atoms with Crippen LogP contribution in [0.25, 0.3) is 0 Å². The van der Waals surface area contributed by atoms with Gasteiger partial charge in [0.05, 0.1) is 6.61 Å². The zero-order valence-corrected chi connectivity index (χ0v) is 18.4. The summed E-state index contributed by atoms with van der Waals surface area (Å²) in [5.41, 5.74) is -2.20. The molecule has 182 valence electrons. The summed E-state index contributed by atoms with van der Waals surface area (Å²) in [6.45, 7) is -0.196. The van der Waals surface area contributed by atoms with Crippen LogP contribution in [0.15, 0.2) is 21.9 Å². The molecule has 18 nitrogen and oxygen atoms in total. The third-order valence-electron chi connectivity index (χ3n) is 3.75. The molecule has 0 saturated carbocycles. The second kappa shape index (κ2) is 9.48. The van der Waals surface area contributed by atoms with Crippen molar-refractivity contribution in [3.05, 3.63) is 33.1 Å². The number of aliphatic hydroxyl groups excluding tert-OH is 2. The summed E-state index contributed by atoms with van der Waals surface area (Å²) in [6.07, 6.45) is -6.25. The number of carbonyl (C=O) groups is 1. The van der Waals surface area contributed by atoms with E-state index in [9.17, 15) is 43.2 Å². The number of hydrogen-bond donors (Lipinski definition) is 6.